The molecule has 1 saturated carbocycles. The number of hydrogen-bond acceptors (Lipinski definition) is 3. The van der Waals surface area contributed by atoms with Crippen molar-refractivity contribution in [2.45, 2.75) is 51.6 Å². The van der Waals surface area contributed by atoms with Gasteiger partial charge in [0, 0.05) is 19.5 Å². The number of aromatic nitrogens is 3. The summed E-state index contributed by atoms with van der Waals surface area (Å²) in [7, 11) is 0. The summed E-state index contributed by atoms with van der Waals surface area (Å²) in [5.74, 6) is 3.28. The molecule has 16 heavy (non-hydrogen) atoms. The topological polar surface area (TPSA) is 42.7 Å². The van der Waals surface area contributed by atoms with Crippen LogP contribution in [0.2, 0.25) is 0 Å². The fourth-order valence-corrected chi connectivity index (χ4v) is 2.97. The van der Waals surface area contributed by atoms with E-state index in [-0.39, 0.29) is 0 Å². The van der Waals surface area contributed by atoms with Gasteiger partial charge in [-0.15, -0.1) is 10.2 Å². The average Bonchev–Trinajstić information content (AvgIpc) is 2.96. The van der Waals surface area contributed by atoms with E-state index in [1.807, 2.05) is 0 Å². The molecule has 1 aliphatic heterocycles. The molecular weight excluding hydrogens is 200 g/mol. The predicted molar refractivity (Wildman–Crippen MR) is 62.0 cm³/mol. The van der Waals surface area contributed by atoms with Gasteiger partial charge in [-0.1, -0.05) is 25.7 Å². The normalized spacial score (nSPS) is 21.2. The predicted octanol–water partition coefficient (Wildman–Crippen LogP) is 1.50. The minimum absolute atomic E-state index is 0.885. The van der Waals surface area contributed by atoms with Crippen LogP contribution in [0.25, 0.3) is 0 Å². The lowest BCUT2D eigenvalue weighted by molar-refractivity contribution is 0.464. The van der Waals surface area contributed by atoms with Crippen molar-refractivity contribution >= 4 is 0 Å². The van der Waals surface area contributed by atoms with Crippen LogP contribution >= 0.6 is 0 Å². The molecule has 4 heteroatoms. The fraction of sp³-hybridized carbons (Fsp3) is 0.833. The van der Waals surface area contributed by atoms with E-state index < -0.39 is 0 Å². The van der Waals surface area contributed by atoms with Crippen molar-refractivity contribution < 1.29 is 0 Å². The van der Waals surface area contributed by atoms with Gasteiger partial charge in [0.25, 0.3) is 0 Å². The molecule has 0 saturated heterocycles. The summed E-state index contributed by atoms with van der Waals surface area (Å²) in [5.41, 5.74) is 0. The van der Waals surface area contributed by atoms with Crippen molar-refractivity contribution in [2.24, 2.45) is 5.92 Å². The summed E-state index contributed by atoms with van der Waals surface area (Å²) in [6, 6.07) is 0. The Kier molecular flexibility index (Phi) is 2.91. The molecule has 0 aromatic carbocycles. The van der Waals surface area contributed by atoms with E-state index >= 15 is 0 Å². The number of aryl methyl sites for hydroxylation is 1. The van der Waals surface area contributed by atoms with Gasteiger partial charge in [-0.3, -0.25) is 0 Å². The summed E-state index contributed by atoms with van der Waals surface area (Å²) in [4.78, 5) is 0. The van der Waals surface area contributed by atoms with E-state index in [2.05, 4.69) is 20.1 Å². The van der Waals surface area contributed by atoms with E-state index in [9.17, 15) is 0 Å². The van der Waals surface area contributed by atoms with Crippen molar-refractivity contribution in [1.82, 2.24) is 20.1 Å². The largest absolute Gasteiger partial charge is 0.313 e. The van der Waals surface area contributed by atoms with Crippen molar-refractivity contribution in [2.75, 3.05) is 6.54 Å². The molecule has 4 nitrogen and oxygen atoms in total. The van der Waals surface area contributed by atoms with Gasteiger partial charge in [-0.05, 0) is 12.3 Å². The van der Waals surface area contributed by atoms with Crippen LogP contribution in [0.3, 0.4) is 0 Å². The van der Waals surface area contributed by atoms with E-state index in [0.717, 1.165) is 37.8 Å². The minimum Gasteiger partial charge on any atom is -0.313 e. The first-order chi connectivity index (χ1) is 7.93. The molecule has 0 amide bonds. The van der Waals surface area contributed by atoms with Gasteiger partial charge < -0.3 is 9.88 Å². The Hall–Kier alpha value is -0.900. The van der Waals surface area contributed by atoms with Crippen molar-refractivity contribution in [3.8, 4) is 0 Å². The Balaban J connectivity index is 1.63. The first-order valence-electron chi connectivity index (χ1n) is 6.55. The number of rotatable bonds is 3. The van der Waals surface area contributed by atoms with Crippen molar-refractivity contribution in [3.05, 3.63) is 11.6 Å². The lowest BCUT2D eigenvalue weighted by Gasteiger charge is -2.16. The molecule has 1 aliphatic carbocycles. The molecule has 2 aliphatic rings. The monoisotopic (exact) mass is 220 g/mol. The molecule has 0 unspecified atom stereocenters. The first kappa shape index (κ1) is 10.3. The van der Waals surface area contributed by atoms with Crippen LogP contribution in [0.1, 0.15) is 43.8 Å². The Bertz CT molecular complexity index is 352. The SMILES string of the molecule is C1CCC(CCc2nnc3n2CCNC3)C1. The number of nitrogens with one attached hydrogen (secondary N) is 1. The Morgan fingerprint density at radius 1 is 1.25 bits per heavy atom. The molecule has 0 spiro atoms. The maximum absolute atomic E-state index is 4.33. The van der Waals surface area contributed by atoms with E-state index in [1.54, 1.807) is 0 Å². The minimum atomic E-state index is 0.885. The third-order valence-electron chi connectivity index (χ3n) is 3.95. The van der Waals surface area contributed by atoms with Crippen LogP contribution in [0.15, 0.2) is 0 Å². The fourth-order valence-electron chi connectivity index (χ4n) is 2.97. The van der Waals surface area contributed by atoms with E-state index in [4.69, 9.17) is 0 Å². The summed E-state index contributed by atoms with van der Waals surface area (Å²) in [6.07, 6.45) is 8.17. The summed E-state index contributed by atoms with van der Waals surface area (Å²) < 4.78 is 2.31. The third kappa shape index (κ3) is 1.98. The second-order valence-corrected chi connectivity index (χ2v) is 5.05. The highest BCUT2D eigenvalue weighted by molar-refractivity contribution is 4.99. The van der Waals surface area contributed by atoms with Gasteiger partial charge in [0.2, 0.25) is 0 Å². The molecule has 1 fully saturated rings. The highest BCUT2D eigenvalue weighted by atomic mass is 15.3. The molecular formula is C12H20N4. The standard InChI is InChI=1S/C12H20N4/c1-2-4-10(3-1)5-6-11-14-15-12-9-13-7-8-16(11)12/h10,13H,1-9H2. The van der Waals surface area contributed by atoms with E-state index in [0.29, 0.717) is 0 Å². The van der Waals surface area contributed by atoms with Gasteiger partial charge in [0.05, 0.1) is 6.54 Å². The van der Waals surface area contributed by atoms with Crippen molar-refractivity contribution in [3.63, 3.8) is 0 Å². The Morgan fingerprint density at radius 2 is 2.12 bits per heavy atom. The number of fused-ring (bicyclic) bond motifs is 1. The summed E-state index contributed by atoms with van der Waals surface area (Å²) in [5, 5.41) is 11.9. The van der Waals surface area contributed by atoms with Crippen LogP contribution in [-0.2, 0) is 19.5 Å². The average molecular weight is 220 g/mol. The molecule has 88 valence electrons. The summed E-state index contributed by atoms with van der Waals surface area (Å²) in [6.45, 7) is 2.99. The molecule has 1 N–H and O–H groups in total. The number of nitrogens with zero attached hydrogens (tertiary/aromatic N) is 3. The molecule has 2 heterocycles. The second-order valence-electron chi connectivity index (χ2n) is 5.05. The Morgan fingerprint density at radius 3 is 3.00 bits per heavy atom. The molecule has 1 aromatic heterocycles. The number of hydrogen-bond donors (Lipinski definition) is 1. The van der Waals surface area contributed by atoms with Gasteiger partial charge in [0.15, 0.2) is 0 Å². The molecule has 0 bridgehead atoms. The van der Waals surface area contributed by atoms with Crippen LogP contribution in [-0.4, -0.2) is 21.3 Å². The van der Waals surface area contributed by atoms with Crippen molar-refractivity contribution in [1.29, 1.82) is 0 Å². The zero-order valence-corrected chi connectivity index (χ0v) is 9.78. The van der Waals surface area contributed by atoms with Gasteiger partial charge >= 0.3 is 0 Å². The van der Waals surface area contributed by atoms with Crippen LogP contribution < -0.4 is 5.32 Å². The maximum Gasteiger partial charge on any atom is 0.147 e. The smallest absolute Gasteiger partial charge is 0.147 e. The lowest BCUT2D eigenvalue weighted by atomic mass is 10.0. The second kappa shape index (κ2) is 4.53. The summed E-state index contributed by atoms with van der Waals surface area (Å²) >= 11 is 0. The molecule has 0 atom stereocenters. The molecule has 0 radical (unpaired) electrons. The molecule has 3 rings (SSSR count). The molecule has 1 aromatic rings. The van der Waals surface area contributed by atoms with Gasteiger partial charge in [-0.25, -0.2) is 0 Å². The maximum atomic E-state index is 4.33. The lowest BCUT2D eigenvalue weighted by Crippen LogP contribution is -2.29. The third-order valence-corrected chi connectivity index (χ3v) is 3.95. The highest BCUT2D eigenvalue weighted by Crippen LogP contribution is 2.28. The van der Waals surface area contributed by atoms with Crippen LogP contribution in [0.4, 0.5) is 0 Å². The quantitative estimate of drug-likeness (QED) is 0.839. The zero-order valence-electron chi connectivity index (χ0n) is 9.78. The van der Waals surface area contributed by atoms with E-state index in [1.165, 1.54) is 37.9 Å². The Labute approximate surface area is 96.4 Å². The highest BCUT2D eigenvalue weighted by Gasteiger charge is 2.18. The van der Waals surface area contributed by atoms with Gasteiger partial charge in [-0.2, -0.15) is 0 Å². The zero-order chi connectivity index (χ0) is 10.8. The van der Waals surface area contributed by atoms with Crippen LogP contribution in [0.5, 0.6) is 0 Å². The van der Waals surface area contributed by atoms with Gasteiger partial charge in [0.1, 0.15) is 11.6 Å². The van der Waals surface area contributed by atoms with Crippen LogP contribution in [0, 0.1) is 5.92 Å². The first-order valence-corrected chi connectivity index (χ1v) is 6.55.